The standard InChI is InChI=1S/C17H22N10O2/c1-9(2)16-24-25(17(29)12-7-11(10-3-4-10)22-26(12)16)8-15(28)20-13-5-6-14(21-18)27(19)23-13/h5-7,9-10H,3-4,8,18-19H2,1-2H3,(H,20,23,28)/b21-14-. The zero-order chi connectivity index (χ0) is 20.7. The average molecular weight is 398 g/mol. The Morgan fingerprint density at radius 3 is 2.69 bits per heavy atom. The second-order valence-corrected chi connectivity index (χ2v) is 7.31. The van der Waals surface area contributed by atoms with Gasteiger partial charge in [0, 0.05) is 11.8 Å². The van der Waals surface area contributed by atoms with Gasteiger partial charge >= 0.3 is 0 Å². The monoisotopic (exact) mass is 398 g/mol. The largest absolute Gasteiger partial charge is 0.321 e. The van der Waals surface area contributed by atoms with Gasteiger partial charge in [0.2, 0.25) is 5.91 Å². The van der Waals surface area contributed by atoms with E-state index in [4.69, 9.17) is 11.7 Å². The smallest absolute Gasteiger partial charge is 0.293 e. The van der Waals surface area contributed by atoms with Gasteiger partial charge in [0.25, 0.3) is 5.56 Å². The number of aromatic nitrogens is 6. The van der Waals surface area contributed by atoms with E-state index in [1.807, 2.05) is 13.8 Å². The molecule has 1 aliphatic carbocycles. The number of rotatable bonds is 5. The summed E-state index contributed by atoms with van der Waals surface area (Å²) in [5.41, 5.74) is 1.18. The molecule has 12 heteroatoms. The lowest BCUT2D eigenvalue weighted by atomic mass is 10.2. The molecule has 1 saturated carbocycles. The van der Waals surface area contributed by atoms with E-state index in [1.54, 1.807) is 10.6 Å². The summed E-state index contributed by atoms with van der Waals surface area (Å²) in [6.45, 7) is 3.65. The number of amides is 1. The van der Waals surface area contributed by atoms with Gasteiger partial charge in [0.1, 0.15) is 12.1 Å². The maximum atomic E-state index is 12.9. The number of nitrogens with one attached hydrogen (secondary N) is 1. The van der Waals surface area contributed by atoms with Crippen LogP contribution >= 0.6 is 0 Å². The lowest BCUT2D eigenvalue weighted by Gasteiger charge is -2.11. The number of nitrogen functional groups attached to an aromatic ring is 1. The van der Waals surface area contributed by atoms with E-state index in [-0.39, 0.29) is 29.3 Å². The zero-order valence-electron chi connectivity index (χ0n) is 16.1. The number of hydrogen-bond donors (Lipinski definition) is 3. The van der Waals surface area contributed by atoms with Crippen LogP contribution in [0.15, 0.2) is 28.1 Å². The average Bonchev–Trinajstić information content (AvgIpc) is 3.42. The summed E-state index contributed by atoms with van der Waals surface area (Å²) in [4.78, 5) is 26.3. The predicted octanol–water partition coefficient (Wildman–Crippen LogP) is -0.785. The van der Waals surface area contributed by atoms with Gasteiger partial charge in [-0.2, -0.15) is 20.1 Å². The van der Waals surface area contributed by atoms with E-state index in [0.717, 1.165) is 28.0 Å². The van der Waals surface area contributed by atoms with E-state index >= 15 is 0 Å². The molecule has 5 N–H and O–H groups in total. The first-order chi connectivity index (χ1) is 13.9. The highest BCUT2D eigenvalue weighted by Gasteiger charge is 2.28. The molecule has 3 heterocycles. The number of carbonyl (C=O) groups excluding carboxylic acids is 1. The molecular formula is C17H22N10O2. The summed E-state index contributed by atoms with van der Waals surface area (Å²) in [5, 5.41) is 18.9. The molecular weight excluding hydrogens is 376 g/mol. The van der Waals surface area contributed by atoms with Gasteiger partial charge in [-0.3, -0.25) is 9.59 Å². The molecule has 4 rings (SSSR count). The second kappa shape index (κ2) is 7.04. The molecule has 0 atom stereocenters. The molecule has 1 fully saturated rings. The normalized spacial score (nSPS) is 14.7. The third-order valence-electron chi connectivity index (χ3n) is 4.67. The highest BCUT2D eigenvalue weighted by Crippen LogP contribution is 2.39. The predicted molar refractivity (Wildman–Crippen MR) is 104 cm³/mol. The van der Waals surface area contributed by atoms with Crippen molar-refractivity contribution in [3.05, 3.63) is 45.6 Å². The van der Waals surface area contributed by atoms with Gasteiger partial charge in [0.05, 0.1) is 5.69 Å². The molecule has 0 bridgehead atoms. The lowest BCUT2D eigenvalue weighted by Crippen LogP contribution is -2.34. The Bertz CT molecular complexity index is 1220. The molecule has 0 unspecified atom stereocenters. The highest BCUT2D eigenvalue weighted by molar-refractivity contribution is 5.89. The van der Waals surface area contributed by atoms with Crippen LogP contribution < -0.4 is 28.0 Å². The number of nitrogens with zero attached hydrogens (tertiary/aromatic N) is 7. The van der Waals surface area contributed by atoms with Crippen LogP contribution in [-0.2, 0) is 11.3 Å². The Balaban J connectivity index is 1.64. The van der Waals surface area contributed by atoms with Crippen molar-refractivity contribution in [2.45, 2.75) is 45.1 Å². The Morgan fingerprint density at radius 1 is 1.31 bits per heavy atom. The van der Waals surface area contributed by atoms with Crippen molar-refractivity contribution in [3.8, 4) is 0 Å². The number of fused-ring (bicyclic) bond motifs is 1. The molecule has 12 nitrogen and oxygen atoms in total. The van der Waals surface area contributed by atoms with Crippen molar-refractivity contribution >= 4 is 17.2 Å². The van der Waals surface area contributed by atoms with Crippen LogP contribution in [0.1, 0.15) is 50.0 Å². The summed E-state index contributed by atoms with van der Waals surface area (Å²) >= 11 is 0. The number of carbonyl (C=O) groups is 1. The van der Waals surface area contributed by atoms with Gasteiger partial charge in [-0.1, -0.05) is 13.8 Å². The van der Waals surface area contributed by atoms with E-state index in [0.29, 0.717) is 17.3 Å². The van der Waals surface area contributed by atoms with E-state index in [2.05, 4.69) is 25.7 Å². The summed E-state index contributed by atoms with van der Waals surface area (Å²) in [7, 11) is 0. The summed E-state index contributed by atoms with van der Waals surface area (Å²) in [6, 6.07) is 4.81. The molecule has 29 heavy (non-hydrogen) atoms. The second-order valence-electron chi connectivity index (χ2n) is 7.31. The van der Waals surface area contributed by atoms with E-state index in [9.17, 15) is 9.59 Å². The van der Waals surface area contributed by atoms with Crippen molar-refractivity contribution in [3.63, 3.8) is 0 Å². The maximum absolute atomic E-state index is 12.9. The fourth-order valence-electron chi connectivity index (χ4n) is 3.03. The van der Waals surface area contributed by atoms with Gasteiger partial charge in [-0.15, -0.1) is 5.10 Å². The minimum atomic E-state index is -0.467. The van der Waals surface area contributed by atoms with Crippen LogP contribution in [0.2, 0.25) is 0 Å². The van der Waals surface area contributed by atoms with Gasteiger partial charge in [0.15, 0.2) is 17.1 Å². The molecule has 3 aromatic heterocycles. The fourth-order valence-corrected chi connectivity index (χ4v) is 3.03. The molecule has 0 saturated heterocycles. The fraction of sp³-hybridized carbons (Fsp3) is 0.412. The van der Waals surface area contributed by atoms with Crippen LogP contribution in [0.5, 0.6) is 0 Å². The molecule has 3 aromatic rings. The van der Waals surface area contributed by atoms with Gasteiger partial charge in [-0.25, -0.2) is 9.20 Å². The summed E-state index contributed by atoms with van der Waals surface area (Å²) < 4.78 is 2.75. The van der Waals surface area contributed by atoms with Crippen LogP contribution in [0.4, 0.5) is 5.82 Å². The third-order valence-corrected chi connectivity index (χ3v) is 4.67. The topological polar surface area (TPSA) is 164 Å². The van der Waals surface area contributed by atoms with Crippen molar-refractivity contribution < 1.29 is 4.79 Å². The maximum Gasteiger partial charge on any atom is 0.293 e. The molecule has 0 radical (unpaired) electrons. The Labute approximate surface area is 164 Å². The van der Waals surface area contributed by atoms with E-state index < -0.39 is 5.91 Å². The third kappa shape index (κ3) is 3.56. The molecule has 0 aliphatic heterocycles. The number of anilines is 1. The first-order valence-corrected chi connectivity index (χ1v) is 9.27. The first-order valence-electron chi connectivity index (χ1n) is 9.27. The lowest BCUT2D eigenvalue weighted by molar-refractivity contribution is -0.117. The number of nitrogens with two attached hydrogens (primary N) is 2. The summed E-state index contributed by atoms with van der Waals surface area (Å²) in [5.74, 6) is 11.6. The summed E-state index contributed by atoms with van der Waals surface area (Å²) in [6.07, 6.45) is 2.16. The van der Waals surface area contributed by atoms with Gasteiger partial charge < -0.3 is 17.0 Å². The number of hydrogen-bond acceptors (Lipinski definition) is 8. The van der Waals surface area contributed by atoms with Crippen LogP contribution in [0.3, 0.4) is 0 Å². The van der Waals surface area contributed by atoms with Crippen molar-refractivity contribution in [2.24, 2.45) is 10.9 Å². The molecule has 0 aromatic carbocycles. The van der Waals surface area contributed by atoms with Crippen molar-refractivity contribution in [1.82, 2.24) is 29.3 Å². The zero-order valence-corrected chi connectivity index (χ0v) is 16.1. The Morgan fingerprint density at radius 2 is 2.07 bits per heavy atom. The highest BCUT2D eigenvalue weighted by atomic mass is 16.2. The van der Waals surface area contributed by atoms with Crippen LogP contribution in [0, 0.1) is 0 Å². The first kappa shape index (κ1) is 18.7. The molecule has 0 spiro atoms. The Hall–Kier alpha value is -3.70. The molecule has 152 valence electrons. The minimum absolute atomic E-state index is 0.0183. The van der Waals surface area contributed by atoms with Crippen LogP contribution in [0.25, 0.3) is 5.52 Å². The molecule has 1 amide bonds. The van der Waals surface area contributed by atoms with Gasteiger partial charge in [-0.05, 0) is 31.0 Å². The van der Waals surface area contributed by atoms with E-state index in [1.165, 1.54) is 12.1 Å². The SMILES string of the molecule is CC(C)c1nn(CC(=O)Nc2cc/c(=N/N)n(N)n2)c(=O)c2cc(C3CC3)nn12. The van der Waals surface area contributed by atoms with Crippen molar-refractivity contribution in [1.29, 1.82) is 0 Å². The van der Waals surface area contributed by atoms with Crippen LogP contribution in [-0.4, -0.2) is 35.2 Å². The Kier molecular flexibility index (Phi) is 4.53. The quantitative estimate of drug-likeness (QED) is 0.374. The molecule has 1 aliphatic rings. The van der Waals surface area contributed by atoms with Crippen molar-refractivity contribution in [2.75, 3.05) is 11.2 Å². The minimum Gasteiger partial charge on any atom is -0.321 e.